The first-order valence-corrected chi connectivity index (χ1v) is 18.1. The van der Waals surface area contributed by atoms with E-state index in [4.69, 9.17) is 9.47 Å². The van der Waals surface area contributed by atoms with Crippen molar-refractivity contribution in [2.24, 2.45) is 11.8 Å². The van der Waals surface area contributed by atoms with Crippen LogP contribution in [0.25, 0.3) is 0 Å². The largest absolute Gasteiger partial charge is 0.487 e. The Morgan fingerprint density at radius 2 is 1.44 bits per heavy atom. The fourth-order valence-electron chi connectivity index (χ4n) is 6.76. The Morgan fingerprint density at radius 1 is 0.852 bits per heavy atom. The Labute approximate surface area is 315 Å². The number of carbonyl (C=O) groups excluding carboxylic acids is 3. The summed E-state index contributed by atoms with van der Waals surface area (Å²) in [6.07, 6.45) is -0.0536. The van der Waals surface area contributed by atoms with Gasteiger partial charge in [-0.1, -0.05) is 92.7 Å². The number of benzene rings is 4. The standard InChI is InChI=1S/C43H48FN3O7/c1-27(2)23-35(41(50)51)47(40(49)37(46-42(52)54-43(3,4)5)32-24-30-15-9-10-16-31(30)25-32)38(29-19-21-33(44)22-20-29)39(48)45-34-17-11-12-18-36(34)53-26-28-13-7-6-8-14-28/h6-22,27,32,35,37-38H,23-26H2,1-5H3,(H,45,48)(H,46,52)(H,50,51)/t35-,37-,38-/m1/s1. The lowest BCUT2D eigenvalue weighted by molar-refractivity contribution is -0.157. The molecule has 0 saturated heterocycles. The molecule has 0 spiro atoms. The third-order valence-electron chi connectivity index (χ3n) is 9.16. The summed E-state index contributed by atoms with van der Waals surface area (Å²) in [5.74, 6) is -3.84. The molecular formula is C43H48FN3O7. The number of hydrogen-bond acceptors (Lipinski definition) is 6. The number of aliphatic carboxylic acids is 1. The van der Waals surface area contributed by atoms with Gasteiger partial charge in [0, 0.05) is 0 Å². The first-order chi connectivity index (χ1) is 25.7. The van der Waals surface area contributed by atoms with Crippen molar-refractivity contribution in [3.63, 3.8) is 0 Å². The van der Waals surface area contributed by atoms with Gasteiger partial charge in [0.1, 0.15) is 41.9 Å². The average molecular weight is 738 g/mol. The molecule has 0 aliphatic heterocycles. The summed E-state index contributed by atoms with van der Waals surface area (Å²) in [5, 5.41) is 16.4. The fourth-order valence-corrected chi connectivity index (χ4v) is 6.76. The summed E-state index contributed by atoms with van der Waals surface area (Å²) >= 11 is 0. The Balaban J connectivity index is 1.60. The van der Waals surface area contributed by atoms with E-state index in [0.29, 0.717) is 18.6 Å². The number of carboxylic acids is 1. The van der Waals surface area contributed by atoms with E-state index in [9.17, 15) is 23.9 Å². The Kier molecular flexibility index (Phi) is 12.7. The molecule has 0 radical (unpaired) electrons. The fraction of sp³-hybridized carbons (Fsp3) is 0.349. The molecule has 4 aromatic carbocycles. The summed E-state index contributed by atoms with van der Waals surface area (Å²) in [4.78, 5) is 57.7. The van der Waals surface area contributed by atoms with E-state index in [2.05, 4.69) is 10.6 Å². The summed E-state index contributed by atoms with van der Waals surface area (Å²) in [6, 6.07) is 24.6. The summed E-state index contributed by atoms with van der Waals surface area (Å²) in [7, 11) is 0. The number of halogens is 1. The molecule has 0 saturated carbocycles. The maximum absolute atomic E-state index is 15.3. The van der Waals surface area contributed by atoms with Crippen molar-refractivity contribution in [1.82, 2.24) is 10.2 Å². The zero-order valence-corrected chi connectivity index (χ0v) is 31.3. The number of nitrogens with one attached hydrogen (secondary N) is 2. The van der Waals surface area contributed by atoms with E-state index in [1.807, 2.05) is 68.4 Å². The molecule has 5 rings (SSSR count). The van der Waals surface area contributed by atoms with Crippen molar-refractivity contribution >= 4 is 29.6 Å². The topological polar surface area (TPSA) is 134 Å². The predicted octanol–water partition coefficient (Wildman–Crippen LogP) is 7.72. The average Bonchev–Trinajstić information content (AvgIpc) is 3.55. The maximum Gasteiger partial charge on any atom is 0.408 e. The molecule has 3 amide bonds. The molecule has 3 N–H and O–H groups in total. The number of rotatable bonds is 14. The molecule has 10 nitrogen and oxygen atoms in total. The lowest BCUT2D eigenvalue weighted by Crippen LogP contribution is -2.59. The lowest BCUT2D eigenvalue weighted by atomic mass is 9.91. The first-order valence-electron chi connectivity index (χ1n) is 18.1. The van der Waals surface area contributed by atoms with Crippen molar-refractivity contribution in [2.75, 3.05) is 5.32 Å². The number of amides is 3. The highest BCUT2D eigenvalue weighted by molar-refractivity contribution is 6.01. The molecule has 0 heterocycles. The molecule has 0 bridgehead atoms. The highest BCUT2D eigenvalue weighted by atomic mass is 19.1. The van der Waals surface area contributed by atoms with Crippen LogP contribution in [0.3, 0.4) is 0 Å². The van der Waals surface area contributed by atoms with Gasteiger partial charge >= 0.3 is 12.1 Å². The van der Waals surface area contributed by atoms with Gasteiger partial charge in [0.2, 0.25) is 5.91 Å². The molecular weight excluding hydrogens is 689 g/mol. The van der Waals surface area contributed by atoms with Crippen molar-refractivity contribution in [3.8, 4) is 5.75 Å². The predicted molar refractivity (Wildman–Crippen MR) is 203 cm³/mol. The van der Waals surface area contributed by atoms with Crippen LogP contribution in [0.15, 0.2) is 103 Å². The van der Waals surface area contributed by atoms with Crippen LogP contribution in [0.2, 0.25) is 0 Å². The SMILES string of the molecule is CC(C)C[C@H](C(=O)O)N(C(=O)[C@H](NC(=O)OC(C)(C)C)C1Cc2ccccc2C1)[C@@H](C(=O)Nc1ccccc1OCc1ccccc1)c1ccc(F)cc1. The second-order valence-corrected chi connectivity index (χ2v) is 15.0. The maximum atomic E-state index is 15.3. The molecule has 11 heteroatoms. The summed E-state index contributed by atoms with van der Waals surface area (Å²) in [6.45, 7) is 8.92. The van der Waals surface area contributed by atoms with Crippen molar-refractivity contribution < 1.29 is 38.1 Å². The summed E-state index contributed by atoms with van der Waals surface area (Å²) < 4.78 is 26.1. The summed E-state index contributed by atoms with van der Waals surface area (Å²) in [5.41, 5.74) is 2.44. The highest BCUT2D eigenvalue weighted by Crippen LogP contribution is 2.35. The van der Waals surface area contributed by atoms with Crippen molar-refractivity contribution in [1.29, 1.82) is 0 Å². The van der Waals surface area contributed by atoms with E-state index in [-0.39, 0.29) is 30.2 Å². The number of ether oxygens (including phenoxy) is 2. The van der Waals surface area contributed by atoms with Crippen LogP contribution >= 0.6 is 0 Å². The molecule has 0 aromatic heterocycles. The zero-order valence-electron chi connectivity index (χ0n) is 31.3. The van der Waals surface area contributed by atoms with Gasteiger partial charge in [0.25, 0.3) is 5.91 Å². The van der Waals surface area contributed by atoms with Gasteiger partial charge < -0.3 is 30.1 Å². The van der Waals surface area contributed by atoms with Gasteiger partial charge in [-0.15, -0.1) is 0 Å². The highest BCUT2D eigenvalue weighted by Gasteiger charge is 2.46. The first kappa shape index (κ1) is 39.5. The molecule has 284 valence electrons. The van der Waals surface area contributed by atoms with Gasteiger partial charge in [-0.2, -0.15) is 0 Å². The monoisotopic (exact) mass is 737 g/mol. The van der Waals surface area contributed by atoms with Crippen LogP contribution in [0.1, 0.15) is 69.3 Å². The van der Waals surface area contributed by atoms with Crippen molar-refractivity contribution in [3.05, 3.63) is 131 Å². The number of hydrogen-bond donors (Lipinski definition) is 3. The van der Waals surface area contributed by atoms with Gasteiger partial charge in [-0.3, -0.25) is 9.59 Å². The Hall–Kier alpha value is -5.71. The zero-order chi connectivity index (χ0) is 39.0. The smallest absolute Gasteiger partial charge is 0.408 e. The van der Waals surface area contributed by atoms with Crippen LogP contribution in [0.4, 0.5) is 14.9 Å². The van der Waals surface area contributed by atoms with Gasteiger partial charge in [0.05, 0.1) is 5.69 Å². The number of para-hydroxylation sites is 2. The van der Waals surface area contributed by atoms with Crippen LogP contribution in [-0.2, 0) is 38.6 Å². The minimum atomic E-state index is -1.58. The van der Waals surface area contributed by atoms with Gasteiger partial charge in [0.15, 0.2) is 0 Å². The minimum Gasteiger partial charge on any atom is -0.487 e. The number of carbonyl (C=O) groups is 4. The van der Waals surface area contributed by atoms with Gasteiger partial charge in [-0.05, 0) is 98.4 Å². The number of alkyl carbamates (subject to hydrolysis) is 1. The quantitative estimate of drug-likeness (QED) is 0.121. The van der Waals surface area contributed by atoms with Crippen LogP contribution in [-0.4, -0.2) is 51.6 Å². The van der Waals surface area contributed by atoms with E-state index in [1.165, 1.54) is 12.1 Å². The number of anilines is 1. The lowest BCUT2D eigenvalue weighted by Gasteiger charge is -2.39. The molecule has 0 unspecified atom stereocenters. The van der Waals surface area contributed by atoms with E-state index in [0.717, 1.165) is 33.7 Å². The van der Waals surface area contributed by atoms with Crippen molar-refractivity contribution in [2.45, 2.75) is 84.2 Å². The van der Waals surface area contributed by atoms with Crippen LogP contribution in [0.5, 0.6) is 5.75 Å². The second kappa shape index (κ2) is 17.4. The van der Waals surface area contributed by atoms with E-state index >= 15 is 4.79 Å². The minimum absolute atomic E-state index is 0.0210. The second-order valence-electron chi connectivity index (χ2n) is 15.0. The molecule has 54 heavy (non-hydrogen) atoms. The third-order valence-corrected chi connectivity index (χ3v) is 9.16. The van der Waals surface area contributed by atoms with Crippen LogP contribution < -0.4 is 15.4 Å². The molecule has 1 aliphatic carbocycles. The molecule has 1 aliphatic rings. The normalized spacial score (nSPS) is 14.4. The van der Waals surface area contributed by atoms with Gasteiger partial charge in [-0.25, -0.2) is 14.0 Å². The van der Waals surface area contributed by atoms with Crippen LogP contribution in [0, 0.1) is 17.7 Å². The third kappa shape index (κ3) is 10.2. The van der Waals surface area contributed by atoms with E-state index < -0.39 is 59.3 Å². The Bertz CT molecular complexity index is 1900. The number of fused-ring (bicyclic) bond motifs is 1. The van der Waals surface area contributed by atoms with E-state index in [1.54, 1.807) is 45.0 Å². The molecule has 3 atom stereocenters. The molecule has 4 aromatic rings. The number of carboxylic acid groups (broad SMARTS) is 1. The molecule has 0 fully saturated rings. The number of nitrogens with zero attached hydrogens (tertiary/aromatic N) is 1. The Morgan fingerprint density at radius 3 is 2.04 bits per heavy atom.